The molecule has 2 atom stereocenters. The van der Waals surface area contributed by atoms with Gasteiger partial charge in [-0.15, -0.1) is 0 Å². The number of hydrogen-bond donors (Lipinski definition) is 1. The maximum atomic E-state index is 10.9. The third-order valence-electron chi connectivity index (χ3n) is 2.57. The first-order valence-electron chi connectivity index (χ1n) is 4.43. The number of carboxylic acids is 1. The van der Waals surface area contributed by atoms with Crippen LogP contribution in [0.15, 0.2) is 0 Å². The Labute approximate surface area is 76.9 Å². The zero-order valence-electron chi connectivity index (χ0n) is 7.66. The summed E-state index contributed by atoms with van der Waals surface area (Å²) in [4.78, 5) is 21.5. The zero-order valence-corrected chi connectivity index (χ0v) is 7.66. The number of esters is 1. The van der Waals surface area contributed by atoms with Crippen molar-refractivity contribution < 1.29 is 19.4 Å². The molecule has 1 rings (SSSR count). The highest BCUT2D eigenvalue weighted by Crippen LogP contribution is 2.33. The highest BCUT2D eigenvalue weighted by atomic mass is 16.5. The smallest absolute Gasteiger partial charge is 0.306 e. The number of ether oxygens (including phenoxy) is 1. The van der Waals surface area contributed by atoms with E-state index in [9.17, 15) is 9.59 Å². The van der Waals surface area contributed by atoms with Gasteiger partial charge in [-0.3, -0.25) is 9.59 Å². The van der Waals surface area contributed by atoms with Crippen molar-refractivity contribution in [2.75, 3.05) is 7.11 Å². The molecule has 4 nitrogen and oxygen atoms in total. The van der Waals surface area contributed by atoms with Crippen LogP contribution >= 0.6 is 0 Å². The van der Waals surface area contributed by atoms with Crippen LogP contribution in [0.5, 0.6) is 0 Å². The molecule has 4 heteroatoms. The van der Waals surface area contributed by atoms with Crippen LogP contribution in [-0.4, -0.2) is 24.2 Å². The molecule has 1 fully saturated rings. The second kappa shape index (κ2) is 4.25. The Morgan fingerprint density at radius 2 is 2.15 bits per heavy atom. The van der Waals surface area contributed by atoms with Crippen LogP contribution in [0.2, 0.25) is 0 Å². The molecule has 0 saturated heterocycles. The van der Waals surface area contributed by atoms with Crippen molar-refractivity contribution in [2.24, 2.45) is 11.8 Å². The number of aliphatic carboxylic acids is 1. The largest absolute Gasteiger partial charge is 0.481 e. The van der Waals surface area contributed by atoms with Crippen molar-refractivity contribution in [3.63, 3.8) is 0 Å². The molecule has 0 spiro atoms. The van der Waals surface area contributed by atoms with Gasteiger partial charge in [0.2, 0.25) is 0 Å². The summed E-state index contributed by atoms with van der Waals surface area (Å²) >= 11 is 0. The number of carboxylic acid groups (broad SMARTS) is 1. The summed E-state index contributed by atoms with van der Waals surface area (Å²) in [5, 5.41) is 8.71. The summed E-state index contributed by atoms with van der Waals surface area (Å²) in [6.45, 7) is 0. The maximum Gasteiger partial charge on any atom is 0.306 e. The number of carbonyl (C=O) groups excluding carboxylic acids is 1. The lowest BCUT2D eigenvalue weighted by Gasteiger charge is -2.06. The molecule has 74 valence electrons. The fourth-order valence-electron chi connectivity index (χ4n) is 1.80. The summed E-state index contributed by atoms with van der Waals surface area (Å²) in [5.41, 5.74) is 0. The van der Waals surface area contributed by atoms with E-state index in [1.165, 1.54) is 7.11 Å². The van der Waals surface area contributed by atoms with Gasteiger partial charge in [-0.05, 0) is 25.2 Å². The summed E-state index contributed by atoms with van der Waals surface area (Å²) in [6.07, 6.45) is 2.49. The van der Waals surface area contributed by atoms with Gasteiger partial charge >= 0.3 is 11.9 Å². The lowest BCUT2D eigenvalue weighted by Crippen LogP contribution is -2.11. The second-order valence-electron chi connectivity index (χ2n) is 3.49. The van der Waals surface area contributed by atoms with Crippen LogP contribution in [0, 0.1) is 11.8 Å². The van der Waals surface area contributed by atoms with E-state index in [1.807, 2.05) is 0 Å². The molecule has 0 bridgehead atoms. The Morgan fingerprint density at radius 1 is 1.46 bits per heavy atom. The lowest BCUT2D eigenvalue weighted by molar-refractivity contribution is -0.143. The summed E-state index contributed by atoms with van der Waals surface area (Å²) < 4.78 is 4.52. The Balaban J connectivity index is 2.33. The molecule has 0 aromatic rings. The van der Waals surface area contributed by atoms with Gasteiger partial charge in [0, 0.05) is 6.42 Å². The molecular formula is C9H14O4. The average Bonchev–Trinajstić information content (AvgIpc) is 2.52. The number of carbonyl (C=O) groups is 2. The summed E-state index contributed by atoms with van der Waals surface area (Å²) in [6, 6.07) is 0. The normalized spacial score (nSPS) is 27.2. The monoisotopic (exact) mass is 186 g/mol. The molecule has 0 unspecified atom stereocenters. The minimum Gasteiger partial charge on any atom is -0.481 e. The van der Waals surface area contributed by atoms with Crippen molar-refractivity contribution >= 4 is 11.9 Å². The summed E-state index contributed by atoms with van der Waals surface area (Å²) in [7, 11) is 1.35. The Bertz CT molecular complexity index is 212. The van der Waals surface area contributed by atoms with Crippen LogP contribution in [-0.2, 0) is 14.3 Å². The molecule has 0 aromatic heterocycles. The first kappa shape index (κ1) is 10.0. The molecule has 0 aliphatic heterocycles. The predicted molar refractivity (Wildman–Crippen MR) is 45.1 cm³/mol. The first-order valence-corrected chi connectivity index (χ1v) is 4.43. The van der Waals surface area contributed by atoms with Gasteiger partial charge in [-0.25, -0.2) is 0 Å². The fourth-order valence-corrected chi connectivity index (χ4v) is 1.80. The molecule has 0 heterocycles. The van der Waals surface area contributed by atoms with E-state index in [0.29, 0.717) is 19.3 Å². The van der Waals surface area contributed by atoms with E-state index in [1.54, 1.807) is 0 Å². The quantitative estimate of drug-likeness (QED) is 0.669. The van der Waals surface area contributed by atoms with E-state index in [4.69, 9.17) is 5.11 Å². The van der Waals surface area contributed by atoms with Crippen molar-refractivity contribution in [2.45, 2.75) is 25.7 Å². The van der Waals surface area contributed by atoms with Crippen molar-refractivity contribution in [1.82, 2.24) is 0 Å². The van der Waals surface area contributed by atoms with Gasteiger partial charge in [-0.1, -0.05) is 0 Å². The van der Waals surface area contributed by atoms with E-state index in [0.717, 1.165) is 6.42 Å². The Kier molecular flexibility index (Phi) is 3.28. The molecule has 1 aliphatic rings. The molecule has 1 N–H and O–H groups in total. The van der Waals surface area contributed by atoms with Gasteiger partial charge in [-0.2, -0.15) is 0 Å². The number of methoxy groups -OCH3 is 1. The molecule has 0 radical (unpaired) electrons. The van der Waals surface area contributed by atoms with E-state index < -0.39 is 5.97 Å². The van der Waals surface area contributed by atoms with Crippen LogP contribution in [0.3, 0.4) is 0 Å². The van der Waals surface area contributed by atoms with Crippen LogP contribution in [0.25, 0.3) is 0 Å². The van der Waals surface area contributed by atoms with Crippen molar-refractivity contribution in [3.05, 3.63) is 0 Å². The average molecular weight is 186 g/mol. The van der Waals surface area contributed by atoms with Gasteiger partial charge in [0.25, 0.3) is 0 Å². The zero-order chi connectivity index (χ0) is 9.84. The van der Waals surface area contributed by atoms with Gasteiger partial charge in [0.1, 0.15) is 0 Å². The second-order valence-corrected chi connectivity index (χ2v) is 3.49. The molecule has 1 aliphatic carbocycles. The fraction of sp³-hybridized carbons (Fsp3) is 0.778. The van der Waals surface area contributed by atoms with Gasteiger partial charge < -0.3 is 9.84 Å². The van der Waals surface area contributed by atoms with Gasteiger partial charge in [0.05, 0.1) is 13.0 Å². The third-order valence-corrected chi connectivity index (χ3v) is 2.57. The molecule has 13 heavy (non-hydrogen) atoms. The lowest BCUT2D eigenvalue weighted by atomic mass is 10.0. The maximum absolute atomic E-state index is 10.9. The standard InChI is InChI=1S/C9H14O4/c1-13-8(10)5-6-2-3-7(4-6)9(11)12/h6-7H,2-5H2,1H3,(H,11,12)/t6-,7+/m0/s1. The summed E-state index contributed by atoms with van der Waals surface area (Å²) in [5.74, 6) is -1.04. The Morgan fingerprint density at radius 3 is 2.62 bits per heavy atom. The molecule has 0 amide bonds. The predicted octanol–water partition coefficient (Wildman–Crippen LogP) is 1.05. The topological polar surface area (TPSA) is 63.6 Å². The van der Waals surface area contributed by atoms with Crippen molar-refractivity contribution in [3.8, 4) is 0 Å². The van der Waals surface area contributed by atoms with Crippen molar-refractivity contribution in [1.29, 1.82) is 0 Å². The first-order chi connectivity index (χ1) is 6.13. The van der Waals surface area contributed by atoms with Crippen LogP contribution in [0.4, 0.5) is 0 Å². The SMILES string of the molecule is COC(=O)C[C@H]1CC[C@@H](C(=O)O)C1. The minimum atomic E-state index is -0.743. The van der Waals surface area contributed by atoms with E-state index in [-0.39, 0.29) is 17.8 Å². The van der Waals surface area contributed by atoms with Crippen LogP contribution in [0.1, 0.15) is 25.7 Å². The molecule has 0 aromatic carbocycles. The molecular weight excluding hydrogens is 172 g/mol. The van der Waals surface area contributed by atoms with E-state index >= 15 is 0 Å². The number of hydrogen-bond acceptors (Lipinski definition) is 3. The number of rotatable bonds is 3. The molecule has 1 saturated carbocycles. The Hall–Kier alpha value is -1.06. The highest BCUT2D eigenvalue weighted by Gasteiger charge is 2.30. The minimum absolute atomic E-state index is 0.202. The van der Waals surface area contributed by atoms with E-state index in [2.05, 4.69) is 4.74 Å². The highest BCUT2D eigenvalue weighted by molar-refractivity contribution is 5.71. The third kappa shape index (κ3) is 2.72. The van der Waals surface area contributed by atoms with Crippen LogP contribution < -0.4 is 0 Å². The van der Waals surface area contributed by atoms with Gasteiger partial charge in [0.15, 0.2) is 0 Å².